The Balaban J connectivity index is 0.000000671. The summed E-state index contributed by atoms with van der Waals surface area (Å²) in [6.45, 7) is 14.8. The maximum absolute atomic E-state index is 13.4. The second kappa shape index (κ2) is 8.82. The molecular weight excluding hydrogens is 303 g/mol. The molecule has 3 rings (SSSR count). The number of halogens is 1. The summed E-state index contributed by atoms with van der Waals surface area (Å²) in [5.74, 6) is -0.945. The molecule has 0 unspecified atom stereocenters. The van der Waals surface area contributed by atoms with Crippen LogP contribution in [0.25, 0.3) is 33.6 Å². The van der Waals surface area contributed by atoms with E-state index in [4.69, 9.17) is 4.42 Å². The average Bonchev–Trinajstić information content (AvgIpc) is 2.64. The molecule has 1 heterocycles. The van der Waals surface area contributed by atoms with Gasteiger partial charge >= 0.3 is 0 Å². The van der Waals surface area contributed by atoms with E-state index in [0.717, 1.165) is 10.8 Å². The lowest BCUT2D eigenvalue weighted by atomic mass is 10.0. The van der Waals surface area contributed by atoms with Crippen LogP contribution in [0.5, 0.6) is 0 Å². The Kier molecular flexibility index (Phi) is 7.12. The van der Waals surface area contributed by atoms with Gasteiger partial charge in [0.1, 0.15) is 5.58 Å². The first-order valence-corrected chi connectivity index (χ1v) is 8.09. The maximum atomic E-state index is 13.4. The van der Waals surface area contributed by atoms with Crippen LogP contribution < -0.4 is 5.43 Å². The smallest absolute Gasteiger partial charge is 0.201 e. The molecule has 2 nitrogen and oxygen atoms in total. The van der Waals surface area contributed by atoms with Gasteiger partial charge in [0.15, 0.2) is 11.6 Å². The number of benzene rings is 2. The molecule has 0 aliphatic heterocycles. The lowest BCUT2D eigenvalue weighted by molar-refractivity contribution is 0.558. The van der Waals surface area contributed by atoms with Crippen molar-refractivity contribution in [3.8, 4) is 0 Å². The first-order chi connectivity index (χ1) is 11.6. The van der Waals surface area contributed by atoms with Gasteiger partial charge in [-0.2, -0.15) is 0 Å². The van der Waals surface area contributed by atoms with Gasteiger partial charge in [0.25, 0.3) is 0 Å². The van der Waals surface area contributed by atoms with Gasteiger partial charge < -0.3 is 4.42 Å². The van der Waals surface area contributed by atoms with Gasteiger partial charge in [0, 0.05) is 0 Å². The normalized spacial score (nSPS) is 9.54. The average molecular weight is 326 g/mol. The Morgan fingerprint density at radius 1 is 1.08 bits per heavy atom. The summed E-state index contributed by atoms with van der Waals surface area (Å²) in [4.78, 5) is 12.6. The summed E-state index contributed by atoms with van der Waals surface area (Å²) in [5, 5.41) is 2.13. The SMILES string of the molecule is C=Cc1c(C(=C)F)oc2ccc3ccccc3c2c1=O.CC.CC. The van der Waals surface area contributed by atoms with E-state index in [0.29, 0.717) is 11.0 Å². The molecule has 0 spiro atoms. The highest BCUT2D eigenvalue weighted by Crippen LogP contribution is 2.27. The Morgan fingerprint density at radius 3 is 2.29 bits per heavy atom. The molecule has 126 valence electrons. The van der Waals surface area contributed by atoms with Crippen molar-refractivity contribution in [2.45, 2.75) is 27.7 Å². The summed E-state index contributed by atoms with van der Waals surface area (Å²) >= 11 is 0. The zero-order chi connectivity index (χ0) is 18.3. The second-order valence-electron chi connectivity index (χ2n) is 4.44. The van der Waals surface area contributed by atoms with Crippen molar-refractivity contribution >= 4 is 33.6 Å². The van der Waals surface area contributed by atoms with Gasteiger partial charge in [0.2, 0.25) is 5.43 Å². The molecular formula is C21H23FO2. The van der Waals surface area contributed by atoms with Crippen molar-refractivity contribution in [2.24, 2.45) is 0 Å². The molecule has 2 aromatic carbocycles. The number of hydrogen-bond donors (Lipinski definition) is 0. The Hall–Kier alpha value is -2.68. The van der Waals surface area contributed by atoms with Gasteiger partial charge in [-0.15, -0.1) is 0 Å². The molecule has 24 heavy (non-hydrogen) atoms. The molecule has 3 heteroatoms. The first-order valence-electron chi connectivity index (χ1n) is 8.09. The monoisotopic (exact) mass is 326 g/mol. The van der Waals surface area contributed by atoms with E-state index in [-0.39, 0.29) is 16.8 Å². The van der Waals surface area contributed by atoms with Crippen molar-refractivity contribution in [3.63, 3.8) is 0 Å². The molecule has 0 saturated heterocycles. The van der Waals surface area contributed by atoms with Crippen LogP contribution in [0.2, 0.25) is 0 Å². The van der Waals surface area contributed by atoms with Gasteiger partial charge in [-0.3, -0.25) is 4.79 Å². The fraction of sp³-hybridized carbons (Fsp3) is 0.190. The standard InChI is InChI=1S/C17H11FO2.2C2H6/c1-3-12-16(19)15-13-7-5-4-6-11(13)8-9-14(15)20-17(12)10(2)18;2*1-2/h3-9H,1-2H2;2*1-2H3. The Bertz CT molecular complexity index is 920. The number of fused-ring (bicyclic) bond motifs is 3. The van der Waals surface area contributed by atoms with Gasteiger partial charge in [0.05, 0.1) is 10.9 Å². The van der Waals surface area contributed by atoms with E-state index in [1.807, 2.05) is 58.0 Å². The van der Waals surface area contributed by atoms with Crippen LogP contribution in [0.1, 0.15) is 39.0 Å². The molecule has 0 aliphatic carbocycles. The molecule has 0 aliphatic rings. The molecule has 0 fully saturated rings. The molecule has 0 N–H and O–H groups in total. The van der Waals surface area contributed by atoms with E-state index in [2.05, 4.69) is 13.2 Å². The van der Waals surface area contributed by atoms with Crippen LogP contribution in [-0.4, -0.2) is 0 Å². The number of hydrogen-bond acceptors (Lipinski definition) is 2. The van der Waals surface area contributed by atoms with Gasteiger partial charge in [-0.25, -0.2) is 4.39 Å². The number of rotatable bonds is 2. The molecule has 3 aromatic rings. The maximum Gasteiger partial charge on any atom is 0.201 e. The van der Waals surface area contributed by atoms with Crippen LogP contribution >= 0.6 is 0 Å². The summed E-state index contributed by atoms with van der Waals surface area (Å²) in [6, 6.07) is 11.0. The van der Waals surface area contributed by atoms with Gasteiger partial charge in [-0.1, -0.05) is 77.3 Å². The van der Waals surface area contributed by atoms with E-state index in [9.17, 15) is 9.18 Å². The van der Waals surface area contributed by atoms with E-state index in [1.165, 1.54) is 6.08 Å². The van der Waals surface area contributed by atoms with E-state index in [1.54, 1.807) is 6.07 Å². The predicted octanol–water partition coefficient (Wildman–Crippen LogP) is 6.58. The first kappa shape index (κ1) is 19.4. The van der Waals surface area contributed by atoms with Gasteiger partial charge in [-0.05, 0) is 16.8 Å². The highest BCUT2D eigenvalue weighted by molar-refractivity contribution is 6.06. The lowest BCUT2D eigenvalue weighted by Crippen LogP contribution is -2.08. The van der Waals surface area contributed by atoms with Crippen LogP contribution in [0, 0.1) is 0 Å². The second-order valence-corrected chi connectivity index (χ2v) is 4.44. The van der Waals surface area contributed by atoms with Crippen LogP contribution in [-0.2, 0) is 0 Å². The Labute approximate surface area is 141 Å². The summed E-state index contributed by atoms with van der Waals surface area (Å²) < 4.78 is 18.9. The minimum atomic E-state index is -0.785. The largest absolute Gasteiger partial charge is 0.453 e. The minimum absolute atomic E-state index is 0.0985. The third-order valence-corrected chi connectivity index (χ3v) is 3.27. The molecule has 0 bridgehead atoms. The molecule has 0 radical (unpaired) electrons. The topological polar surface area (TPSA) is 30.2 Å². The minimum Gasteiger partial charge on any atom is -0.453 e. The predicted molar refractivity (Wildman–Crippen MR) is 103 cm³/mol. The summed E-state index contributed by atoms with van der Waals surface area (Å²) in [5.41, 5.74) is 0.140. The van der Waals surface area contributed by atoms with Crippen molar-refractivity contribution in [2.75, 3.05) is 0 Å². The highest BCUT2D eigenvalue weighted by atomic mass is 19.1. The van der Waals surface area contributed by atoms with Crippen LogP contribution in [0.15, 0.2) is 58.8 Å². The fourth-order valence-electron chi connectivity index (χ4n) is 2.36. The summed E-state index contributed by atoms with van der Waals surface area (Å²) in [6.07, 6.45) is 1.30. The van der Waals surface area contributed by atoms with Crippen molar-refractivity contribution in [1.29, 1.82) is 0 Å². The summed E-state index contributed by atoms with van der Waals surface area (Å²) in [7, 11) is 0. The third-order valence-electron chi connectivity index (χ3n) is 3.27. The van der Waals surface area contributed by atoms with Crippen molar-refractivity contribution in [3.05, 3.63) is 71.1 Å². The third kappa shape index (κ3) is 3.46. The molecule has 0 atom stereocenters. The molecule has 0 amide bonds. The van der Waals surface area contributed by atoms with Crippen molar-refractivity contribution < 1.29 is 8.81 Å². The Morgan fingerprint density at radius 2 is 1.71 bits per heavy atom. The highest BCUT2D eigenvalue weighted by Gasteiger charge is 2.16. The quantitative estimate of drug-likeness (QED) is 0.498. The van der Waals surface area contributed by atoms with E-state index >= 15 is 0 Å². The zero-order valence-corrected chi connectivity index (χ0v) is 14.7. The van der Waals surface area contributed by atoms with Crippen LogP contribution in [0.4, 0.5) is 4.39 Å². The van der Waals surface area contributed by atoms with E-state index < -0.39 is 5.83 Å². The zero-order valence-electron chi connectivity index (χ0n) is 14.7. The fourth-order valence-corrected chi connectivity index (χ4v) is 2.36. The lowest BCUT2D eigenvalue weighted by Gasteiger charge is -2.07. The molecule has 1 aromatic heterocycles. The molecule has 0 saturated carbocycles. The van der Waals surface area contributed by atoms with Crippen LogP contribution in [0.3, 0.4) is 0 Å². The van der Waals surface area contributed by atoms with Crippen molar-refractivity contribution in [1.82, 2.24) is 0 Å².